The van der Waals surface area contributed by atoms with E-state index in [0.717, 1.165) is 25.2 Å². The third kappa shape index (κ3) is 5.25. The second kappa shape index (κ2) is 9.96. The normalized spacial score (nSPS) is 18.8. The van der Waals surface area contributed by atoms with Crippen molar-refractivity contribution < 1.29 is 9.59 Å². The Morgan fingerprint density at radius 1 is 1.26 bits per heavy atom. The van der Waals surface area contributed by atoms with Crippen LogP contribution in [0.25, 0.3) is 0 Å². The van der Waals surface area contributed by atoms with Crippen molar-refractivity contribution in [2.24, 2.45) is 4.99 Å². The Bertz CT molecular complexity index is 942. The van der Waals surface area contributed by atoms with Gasteiger partial charge in [-0.15, -0.1) is 11.3 Å². The van der Waals surface area contributed by atoms with Crippen LogP contribution in [-0.2, 0) is 22.6 Å². The van der Waals surface area contributed by atoms with Crippen molar-refractivity contribution in [3.63, 3.8) is 0 Å². The van der Waals surface area contributed by atoms with Crippen molar-refractivity contribution >= 4 is 34.8 Å². The van der Waals surface area contributed by atoms with Gasteiger partial charge in [0.2, 0.25) is 11.8 Å². The van der Waals surface area contributed by atoms with E-state index in [2.05, 4.69) is 27.1 Å². The van der Waals surface area contributed by atoms with Gasteiger partial charge in [0.15, 0.2) is 5.96 Å². The standard InChI is InChI=1S/C23H29N5O2S/c1-2-24-23(26-18-14-22(30)28(16-18)19-6-4-3-5-7-19)25-11-8-21(29)27-12-9-20-17(15-27)10-13-31-20/h3-7,10,13,18H,2,8-9,11-12,14-16H2,1H3,(H2,24,25,26). The molecule has 1 atom stereocenters. The van der Waals surface area contributed by atoms with Crippen LogP contribution in [-0.4, -0.2) is 54.9 Å². The molecule has 164 valence electrons. The van der Waals surface area contributed by atoms with E-state index in [0.29, 0.717) is 38.4 Å². The maximum Gasteiger partial charge on any atom is 0.229 e. The number of guanidine groups is 1. The summed E-state index contributed by atoms with van der Waals surface area (Å²) in [6, 6.07) is 11.8. The molecular formula is C23H29N5O2S. The zero-order chi connectivity index (χ0) is 21.6. The molecule has 1 fully saturated rings. The van der Waals surface area contributed by atoms with Gasteiger partial charge in [-0.1, -0.05) is 18.2 Å². The van der Waals surface area contributed by atoms with Gasteiger partial charge in [-0.25, -0.2) is 0 Å². The van der Waals surface area contributed by atoms with Crippen LogP contribution in [0.15, 0.2) is 46.8 Å². The number of hydrogen-bond acceptors (Lipinski definition) is 4. The molecule has 2 aliphatic heterocycles. The summed E-state index contributed by atoms with van der Waals surface area (Å²) in [6.45, 7) is 5.24. The van der Waals surface area contributed by atoms with E-state index in [9.17, 15) is 9.59 Å². The SMILES string of the molecule is CCNC(=NCCC(=O)N1CCc2sccc2C1)NC1CC(=O)N(c2ccccc2)C1. The number of carbonyl (C=O) groups is 2. The molecule has 31 heavy (non-hydrogen) atoms. The number of nitrogens with zero attached hydrogens (tertiary/aromatic N) is 3. The summed E-state index contributed by atoms with van der Waals surface area (Å²) in [6.07, 6.45) is 1.75. The van der Waals surface area contributed by atoms with Crippen LogP contribution >= 0.6 is 11.3 Å². The number of thiophene rings is 1. The molecule has 2 aromatic rings. The lowest BCUT2D eigenvalue weighted by molar-refractivity contribution is -0.131. The zero-order valence-electron chi connectivity index (χ0n) is 17.8. The van der Waals surface area contributed by atoms with Gasteiger partial charge in [0.25, 0.3) is 0 Å². The Morgan fingerprint density at radius 3 is 2.90 bits per heavy atom. The van der Waals surface area contributed by atoms with Crippen molar-refractivity contribution in [1.82, 2.24) is 15.5 Å². The minimum absolute atomic E-state index is 0.0136. The van der Waals surface area contributed by atoms with Gasteiger partial charge >= 0.3 is 0 Å². The van der Waals surface area contributed by atoms with Crippen LogP contribution in [0.1, 0.15) is 30.2 Å². The predicted octanol–water partition coefficient (Wildman–Crippen LogP) is 2.38. The number of hydrogen-bond donors (Lipinski definition) is 2. The first-order chi connectivity index (χ1) is 15.1. The fraction of sp³-hybridized carbons (Fsp3) is 0.435. The van der Waals surface area contributed by atoms with Crippen LogP contribution in [0.4, 0.5) is 5.69 Å². The Morgan fingerprint density at radius 2 is 2.10 bits per heavy atom. The quantitative estimate of drug-likeness (QED) is 0.535. The largest absolute Gasteiger partial charge is 0.357 e. The van der Waals surface area contributed by atoms with E-state index in [1.807, 2.05) is 42.2 Å². The number of rotatable bonds is 6. The number of amides is 2. The molecule has 4 rings (SSSR count). The lowest BCUT2D eigenvalue weighted by Crippen LogP contribution is -2.44. The zero-order valence-corrected chi connectivity index (χ0v) is 18.7. The first-order valence-electron chi connectivity index (χ1n) is 10.9. The molecule has 0 spiro atoms. The summed E-state index contributed by atoms with van der Waals surface area (Å²) in [5, 5.41) is 8.69. The van der Waals surface area contributed by atoms with Gasteiger partial charge in [0.1, 0.15) is 0 Å². The molecule has 3 heterocycles. The summed E-state index contributed by atoms with van der Waals surface area (Å²) >= 11 is 1.78. The second-order valence-electron chi connectivity index (χ2n) is 7.83. The van der Waals surface area contributed by atoms with Gasteiger partial charge < -0.3 is 20.4 Å². The van der Waals surface area contributed by atoms with Gasteiger partial charge in [-0.3, -0.25) is 14.6 Å². The second-order valence-corrected chi connectivity index (χ2v) is 8.83. The van der Waals surface area contributed by atoms with Crippen molar-refractivity contribution in [2.45, 2.75) is 38.8 Å². The van der Waals surface area contributed by atoms with Crippen LogP contribution in [0.3, 0.4) is 0 Å². The van der Waals surface area contributed by atoms with E-state index < -0.39 is 0 Å². The number of fused-ring (bicyclic) bond motifs is 1. The molecule has 1 unspecified atom stereocenters. The smallest absolute Gasteiger partial charge is 0.229 e. The number of aliphatic imine (C=N–C) groups is 1. The van der Waals surface area contributed by atoms with Gasteiger partial charge in [-0.2, -0.15) is 0 Å². The maximum absolute atomic E-state index is 12.6. The Balaban J connectivity index is 1.29. The molecular weight excluding hydrogens is 410 g/mol. The van der Waals surface area contributed by atoms with E-state index in [1.54, 1.807) is 16.2 Å². The van der Waals surface area contributed by atoms with Crippen molar-refractivity contribution in [2.75, 3.05) is 31.1 Å². The first kappa shape index (κ1) is 21.4. The number of nitrogens with one attached hydrogen (secondary N) is 2. The highest BCUT2D eigenvalue weighted by atomic mass is 32.1. The molecule has 0 aliphatic carbocycles. The fourth-order valence-electron chi connectivity index (χ4n) is 4.06. The van der Waals surface area contributed by atoms with Crippen LogP contribution in [0.2, 0.25) is 0 Å². The highest BCUT2D eigenvalue weighted by molar-refractivity contribution is 7.10. The van der Waals surface area contributed by atoms with Gasteiger partial charge in [0, 0.05) is 49.6 Å². The third-order valence-corrected chi connectivity index (χ3v) is 6.66. The van der Waals surface area contributed by atoms with E-state index in [4.69, 9.17) is 0 Å². The third-order valence-electron chi connectivity index (χ3n) is 5.63. The fourth-order valence-corrected chi connectivity index (χ4v) is 4.95. The number of benzene rings is 1. The highest BCUT2D eigenvalue weighted by Gasteiger charge is 2.31. The first-order valence-corrected chi connectivity index (χ1v) is 11.7. The molecule has 2 aliphatic rings. The average molecular weight is 440 g/mol. The number of anilines is 1. The summed E-state index contributed by atoms with van der Waals surface area (Å²) in [4.78, 5) is 34.8. The number of para-hydroxylation sites is 1. The van der Waals surface area contributed by atoms with Crippen molar-refractivity contribution in [3.05, 3.63) is 52.2 Å². The number of carbonyl (C=O) groups excluding carboxylic acids is 2. The summed E-state index contributed by atoms with van der Waals surface area (Å²) in [5.74, 6) is 0.900. The van der Waals surface area contributed by atoms with Crippen molar-refractivity contribution in [1.29, 1.82) is 0 Å². The molecule has 2 amide bonds. The van der Waals surface area contributed by atoms with Crippen molar-refractivity contribution in [3.8, 4) is 0 Å². The monoisotopic (exact) mass is 439 g/mol. The molecule has 8 heteroatoms. The lowest BCUT2D eigenvalue weighted by Gasteiger charge is -2.27. The molecule has 1 aromatic heterocycles. The van der Waals surface area contributed by atoms with Crippen LogP contribution < -0.4 is 15.5 Å². The van der Waals surface area contributed by atoms with E-state index in [-0.39, 0.29) is 17.9 Å². The minimum Gasteiger partial charge on any atom is -0.357 e. The molecule has 1 saturated heterocycles. The topological polar surface area (TPSA) is 77.0 Å². The Kier molecular flexibility index (Phi) is 6.86. The summed E-state index contributed by atoms with van der Waals surface area (Å²) in [7, 11) is 0. The molecule has 0 radical (unpaired) electrons. The summed E-state index contributed by atoms with van der Waals surface area (Å²) < 4.78 is 0. The molecule has 1 aromatic carbocycles. The molecule has 7 nitrogen and oxygen atoms in total. The molecule has 0 saturated carbocycles. The average Bonchev–Trinajstić information content (AvgIpc) is 3.40. The van der Waals surface area contributed by atoms with E-state index >= 15 is 0 Å². The minimum atomic E-state index is -0.0136. The Hall–Kier alpha value is -2.87. The van der Waals surface area contributed by atoms with E-state index in [1.165, 1.54) is 10.4 Å². The summed E-state index contributed by atoms with van der Waals surface area (Å²) in [5.41, 5.74) is 2.19. The van der Waals surface area contributed by atoms with Crippen LogP contribution in [0, 0.1) is 0 Å². The maximum atomic E-state index is 12.6. The Labute approximate surface area is 187 Å². The molecule has 0 bridgehead atoms. The van der Waals surface area contributed by atoms with Gasteiger partial charge in [0.05, 0.1) is 12.6 Å². The predicted molar refractivity (Wildman–Crippen MR) is 124 cm³/mol. The molecule has 2 N–H and O–H groups in total. The lowest BCUT2D eigenvalue weighted by atomic mass is 10.1. The highest BCUT2D eigenvalue weighted by Crippen LogP contribution is 2.24. The van der Waals surface area contributed by atoms with Gasteiger partial charge in [-0.05, 0) is 42.5 Å². The van der Waals surface area contributed by atoms with Crippen LogP contribution in [0.5, 0.6) is 0 Å².